The van der Waals surface area contributed by atoms with Crippen LogP contribution in [0.5, 0.6) is 5.75 Å². The summed E-state index contributed by atoms with van der Waals surface area (Å²) in [6.07, 6.45) is 2.78. The lowest BCUT2D eigenvalue weighted by atomic mass is 10.0. The van der Waals surface area contributed by atoms with Gasteiger partial charge in [0.15, 0.2) is 0 Å². The molecule has 2 aromatic rings. The van der Waals surface area contributed by atoms with Gasteiger partial charge in [-0.3, -0.25) is 9.69 Å². The molecule has 1 heterocycles. The average Bonchev–Trinajstić information content (AvgIpc) is 2.64. The number of hydrogen-bond donors (Lipinski definition) is 3. The van der Waals surface area contributed by atoms with E-state index in [2.05, 4.69) is 22.2 Å². The molecule has 0 aliphatic heterocycles. The van der Waals surface area contributed by atoms with Gasteiger partial charge in [-0.05, 0) is 37.6 Å². The third kappa shape index (κ3) is 6.60. The second-order valence-corrected chi connectivity index (χ2v) is 7.24. The van der Waals surface area contributed by atoms with Crippen molar-refractivity contribution in [3.05, 3.63) is 40.6 Å². The summed E-state index contributed by atoms with van der Waals surface area (Å²) in [4.78, 5) is 21.7. The molecule has 0 spiro atoms. The molecule has 1 amide bonds. The number of rotatable bonds is 11. The van der Waals surface area contributed by atoms with Crippen molar-refractivity contribution >= 4 is 17.7 Å². The Kier molecular flexibility index (Phi) is 8.21. The van der Waals surface area contributed by atoms with Gasteiger partial charge in [-0.2, -0.15) is 4.98 Å². The van der Waals surface area contributed by atoms with E-state index in [-0.39, 0.29) is 18.4 Å². The summed E-state index contributed by atoms with van der Waals surface area (Å²) >= 11 is 0. The third-order valence-corrected chi connectivity index (χ3v) is 4.65. The first kappa shape index (κ1) is 22.4. The van der Waals surface area contributed by atoms with Gasteiger partial charge in [0.05, 0.1) is 13.7 Å². The fraction of sp³-hybridized carbons (Fsp3) is 0.476. The molecule has 8 heteroatoms. The highest BCUT2D eigenvalue weighted by molar-refractivity contribution is 5.75. The second-order valence-electron chi connectivity index (χ2n) is 7.24. The van der Waals surface area contributed by atoms with E-state index < -0.39 is 0 Å². The number of unbranched alkanes of at least 4 members (excludes halogenated alkanes) is 1. The molecule has 2 rings (SSSR count). The number of anilines is 2. The maximum atomic E-state index is 11.1. The van der Waals surface area contributed by atoms with Crippen molar-refractivity contribution in [2.45, 2.75) is 39.7 Å². The molecule has 8 nitrogen and oxygen atoms in total. The minimum Gasteiger partial charge on any atom is -0.496 e. The molecular weight excluding hydrogens is 368 g/mol. The number of nitrogen functional groups attached to an aromatic ring is 1. The van der Waals surface area contributed by atoms with Crippen molar-refractivity contribution in [1.29, 1.82) is 0 Å². The van der Waals surface area contributed by atoms with Gasteiger partial charge < -0.3 is 21.5 Å². The summed E-state index contributed by atoms with van der Waals surface area (Å²) in [6.45, 7) is 5.74. The van der Waals surface area contributed by atoms with Crippen molar-refractivity contribution in [1.82, 2.24) is 14.9 Å². The number of amides is 1. The van der Waals surface area contributed by atoms with Gasteiger partial charge in [0.1, 0.15) is 11.6 Å². The van der Waals surface area contributed by atoms with Gasteiger partial charge in [-0.15, -0.1) is 0 Å². The number of primary amides is 1. The predicted octanol–water partition coefficient (Wildman–Crippen LogP) is 2.10. The lowest BCUT2D eigenvalue weighted by Gasteiger charge is -2.18. The molecule has 1 aromatic carbocycles. The van der Waals surface area contributed by atoms with E-state index in [0.29, 0.717) is 13.0 Å². The summed E-state index contributed by atoms with van der Waals surface area (Å²) in [6, 6.07) is 6.06. The van der Waals surface area contributed by atoms with Crippen molar-refractivity contribution in [2.24, 2.45) is 5.73 Å². The molecule has 0 unspecified atom stereocenters. The van der Waals surface area contributed by atoms with E-state index in [0.717, 1.165) is 53.3 Å². The molecular formula is C21H32N6O2. The zero-order chi connectivity index (χ0) is 21.4. The molecule has 0 fully saturated rings. The van der Waals surface area contributed by atoms with Crippen LogP contribution in [0.25, 0.3) is 0 Å². The van der Waals surface area contributed by atoms with Crippen LogP contribution in [-0.2, 0) is 17.8 Å². The predicted molar refractivity (Wildman–Crippen MR) is 116 cm³/mol. The van der Waals surface area contributed by atoms with Crippen LogP contribution in [0.4, 0.5) is 11.8 Å². The number of nitrogens with one attached hydrogen (secondary N) is 1. The zero-order valence-electron chi connectivity index (χ0n) is 17.8. The molecule has 29 heavy (non-hydrogen) atoms. The maximum Gasteiger partial charge on any atom is 0.231 e. The molecule has 0 atom stereocenters. The molecule has 0 aliphatic carbocycles. The largest absolute Gasteiger partial charge is 0.496 e. The summed E-state index contributed by atoms with van der Waals surface area (Å²) in [7, 11) is 3.51. The fourth-order valence-corrected chi connectivity index (χ4v) is 3.22. The lowest BCUT2D eigenvalue weighted by Crippen LogP contribution is -2.30. The van der Waals surface area contributed by atoms with Crippen molar-refractivity contribution in [3.63, 3.8) is 0 Å². The number of carbonyl (C=O) groups excluding carboxylic acids is 1. The summed E-state index contributed by atoms with van der Waals surface area (Å²) in [5.41, 5.74) is 15.1. The number of benzene rings is 1. The Balaban J connectivity index is 2.26. The Morgan fingerprint density at radius 3 is 2.72 bits per heavy atom. The van der Waals surface area contributed by atoms with E-state index >= 15 is 0 Å². The monoisotopic (exact) mass is 400 g/mol. The van der Waals surface area contributed by atoms with E-state index in [4.69, 9.17) is 16.2 Å². The van der Waals surface area contributed by atoms with Crippen LogP contribution in [0.2, 0.25) is 0 Å². The van der Waals surface area contributed by atoms with Gasteiger partial charge in [0.25, 0.3) is 0 Å². The van der Waals surface area contributed by atoms with Crippen LogP contribution >= 0.6 is 0 Å². The minimum absolute atomic E-state index is 0.207. The Bertz CT molecular complexity index is 840. The highest BCUT2D eigenvalue weighted by Crippen LogP contribution is 2.28. The normalized spacial score (nSPS) is 10.9. The molecule has 158 valence electrons. The first-order valence-electron chi connectivity index (χ1n) is 9.83. The Morgan fingerprint density at radius 2 is 2.07 bits per heavy atom. The zero-order valence-corrected chi connectivity index (χ0v) is 17.8. The van der Waals surface area contributed by atoms with Gasteiger partial charge in [0, 0.05) is 30.8 Å². The number of hydrogen-bond acceptors (Lipinski definition) is 7. The summed E-state index contributed by atoms with van der Waals surface area (Å²) < 4.78 is 5.63. The fourth-order valence-electron chi connectivity index (χ4n) is 3.22. The smallest absolute Gasteiger partial charge is 0.231 e. The van der Waals surface area contributed by atoms with E-state index in [1.54, 1.807) is 7.11 Å². The average molecular weight is 401 g/mol. The molecule has 0 aliphatic rings. The van der Waals surface area contributed by atoms with Gasteiger partial charge in [0.2, 0.25) is 11.9 Å². The van der Waals surface area contributed by atoms with Crippen molar-refractivity contribution < 1.29 is 9.53 Å². The second kappa shape index (κ2) is 10.6. The van der Waals surface area contributed by atoms with Gasteiger partial charge in [-0.1, -0.05) is 25.5 Å². The van der Waals surface area contributed by atoms with E-state index in [9.17, 15) is 4.79 Å². The van der Waals surface area contributed by atoms with Crippen LogP contribution in [0.3, 0.4) is 0 Å². The molecule has 0 bridgehead atoms. The van der Waals surface area contributed by atoms with Crippen LogP contribution in [-0.4, -0.2) is 48.0 Å². The van der Waals surface area contributed by atoms with Crippen molar-refractivity contribution in [3.8, 4) is 5.75 Å². The number of nitrogens with two attached hydrogens (primary N) is 2. The number of aryl methyl sites for hydroxylation is 1. The minimum atomic E-state index is -0.349. The van der Waals surface area contributed by atoms with E-state index in [1.807, 2.05) is 37.1 Å². The molecule has 1 aromatic heterocycles. The number of aromatic nitrogens is 2. The number of ether oxygens (including phenoxy) is 1. The quantitative estimate of drug-likeness (QED) is 0.494. The maximum absolute atomic E-state index is 11.1. The number of nitrogens with zero attached hydrogens (tertiary/aromatic N) is 3. The van der Waals surface area contributed by atoms with Gasteiger partial charge in [-0.25, -0.2) is 4.98 Å². The first-order valence-corrected chi connectivity index (χ1v) is 9.83. The van der Waals surface area contributed by atoms with Crippen molar-refractivity contribution in [2.75, 3.05) is 38.3 Å². The number of carbonyl (C=O) groups is 1. The molecule has 0 saturated heterocycles. The van der Waals surface area contributed by atoms with Crippen LogP contribution in [0, 0.1) is 6.92 Å². The number of methoxy groups -OCH3 is 1. The molecule has 5 N–H and O–H groups in total. The summed E-state index contributed by atoms with van der Waals surface area (Å²) in [5.74, 6) is 1.48. The topological polar surface area (TPSA) is 119 Å². The Morgan fingerprint density at radius 1 is 1.31 bits per heavy atom. The molecule has 0 radical (unpaired) electrons. The molecule has 0 saturated carbocycles. The summed E-state index contributed by atoms with van der Waals surface area (Å²) in [5, 5.41) is 3.39. The van der Waals surface area contributed by atoms with Crippen LogP contribution in [0.15, 0.2) is 18.2 Å². The number of likely N-dealkylation sites (N-methyl/N-ethyl adjacent to an activating group) is 1. The standard InChI is InChI=1S/C21H32N6O2/c1-5-6-9-24-20-17(14(2)25-21(23)26-20)11-16-8-7-15(10-18(16)29-4)12-27(3)13-19(22)28/h7-8,10H,5-6,9,11-13H2,1-4H3,(H2,22,28)(H3,23,24,25,26). The lowest BCUT2D eigenvalue weighted by molar-refractivity contribution is -0.118. The van der Waals surface area contributed by atoms with E-state index in [1.165, 1.54) is 0 Å². The highest BCUT2D eigenvalue weighted by Gasteiger charge is 2.15. The van der Waals surface area contributed by atoms with Gasteiger partial charge >= 0.3 is 0 Å². The SMILES string of the molecule is CCCCNc1nc(N)nc(C)c1Cc1ccc(CN(C)CC(N)=O)cc1OC. The third-order valence-electron chi connectivity index (χ3n) is 4.65. The van der Waals surface area contributed by atoms with Crippen LogP contribution < -0.4 is 21.5 Å². The first-order chi connectivity index (χ1) is 13.8. The Labute approximate surface area is 172 Å². The van der Waals surface area contributed by atoms with Crippen LogP contribution in [0.1, 0.15) is 42.1 Å². The highest BCUT2D eigenvalue weighted by atomic mass is 16.5. The Hall–Kier alpha value is -2.87.